The maximum atomic E-state index is 12.5. The van der Waals surface area contributed by atoms with E-state index < -0.39 is 17.5 Å². The summed E-state index contributed by atoms with van der Waals surface area (Å²) in [5.74, 6) is -0.0939. The number of nitrogens with zero attached hydrogens (tertiary/aromatic N) is 3. The van der Waals surface area contributed by atoms with E-state index in [1.165, 1.54) is 10.9 Å². The number of rotatable bonds is 5. The van der Waals surface area contributed by atoms with Gasteiger partial charge in [-0.2, -0.15) is 18.9 Å². The van der Waals surface area contributed by atoms with E-state index in [2.05, 4.69) is 27.0 Å². The van der Waals surface area contributed by atoms with Crippen LogP contribution in [0.3, 0.4) is 0 Å². The third-order valence-electron chi connectivity index (χ3n) is 2.26. The highest BCUT2D eigenvalue weighted by Gasteiger charge is 2.24. The van der Waals surface area contributed by atoms with Crippen LogP contribution in [0, 0.1) is 0 Å². The van der Waals surface area contributed by atoms with Crippen LogP contribution < -0.4 is 10.9 Å². The summed E-state index contributed by atoms with van der Waals surface area (Å²) in [6.45, 7) is 3.05. The van der Waals surface area contributed by atoms with Crippen molar-refractivity contribution >= 4 is 28.6 Å². The van der Waals surface area contributed by atoms with Crippen molar-refractivity contribution in [3.63, 3.8) is 0 Å². The molecule has 2 heterocycles. The number of aromatic amines is 1. The summed E-state index contributed by atoms with van der Waals surface area (Å²) in [5, 5.41) is 3.06. The summed E-state index contributed by atoms with van der Waals surface area (Å²) in [7, 11) is 0. The molecule has 0 radical (unpaired) electrons. The third kappa shape index (κ3) is 3.08. The Morgan fingerprint density at radius 3 is 3.00 bits per heavy atom. The van der Waals surface area contributed by atoms with Crippen LogP contribution in [-0.2, 0) is 6.54 Å². The molecule has 0 saturated carbocycles. The molecule has 0 unspecified atom stereocenters. The monoisotopic (exact) mass is 289 g/mol. The number of H-pyrrole nitrogens is 1. The minimum Gasteiger partial charge on any atom is -0.348 e. The summed E-state index contributed by atoms with van der Waals surface area (Å²) in [5.41, 5.74) is -0.190. The van der Waals surface area contributed by atoms with E-state index in [0.29, 0.717) is 6.54 Å². The second kappa shape index (κ2) is 4.96. The van der Waals surface area contributed by atoms with Gasteiger partial charge in [-0.15, -0.1) is 6.58 Å². The zero-order valence-corrected chi connectivity index (χ0v) is 10.4. The minimum atomic E-state index is -3.42. The second-order valence-corrected chi connectivity index (χ2v) is 4.29. The fourth-order valence-electron chi connectivity index (χ4n) is 1.49. The molecule has 0 fully saturated rings. The molecule has 19 heavy (non-hydrogen) atoms. The van der Waals surface area contributed by atoms with Gasteiger partial charge in [0.05, 0.1) is 19.3 Å². The summed E-state index contributed by atoms with van der Waals surface area (Å²) in [6, 6.07) is 0. The van der Waals surface area contributed by atoms with Gasteiger partial charge in [0.15, 0.2) is 5.65 Å². The van der Waals surface area contributed by atoms with Crippen molar-refractivity contribution in [1.29, 1.82) is 0 Å². The summed E-state index contributed by atoms with van der Waals surface area (Å²) in [6.07, 6.45) is 2.93. The number of anilines is 1. The molecule has 2 N–H and O–H groups in total. The molecule has 0 amide bonds. The number of fused-ring (bicyclic) bond motifs is 1. The average Bonchev–Trinajstić information content (AvgIpc) is 2.70. The van der Waals surface area contributed by atoms with E-state index >= 15 is 0 Å². The molecule has 0 aromatic carbocycles. The van der Waals surface area contributed by atoms with Gasteiger partial charge in [-0.25, -0.2) is 4.68 Å². The first-order valence-electron chi connectivity index (χ1n) is 5.28. The van der Waals surface area contributed by atoms with Gasteiger partial charge < -0.3 is 5.32 Å². The van der Waals surface area contributed by atoms with E-state index in [0.717, 1.165) is 0 Å². The molecule has 6 nitrogen and oxygen atoms in total. The molecule has 0 atom stereocenters. The number of hydrogen-bond donors (Lipinski definition) is 2. The lowest BCUT2D eigenvalue weighted by Crippen LogP contribution is -2.23. The Morgan fingerprint density at radius 1 is 1.63 bits per heavy atom. The number of alkyl halides is 3. The van der Waals surface area contributed by atoms with Gasteiger partial charge in [0.1, 0.15) is 5.39 Å². The van der Waals surface area contributed by atoms with Crippen molar-refractivity contribution in [2.45, 2.75) is 11.9 Å². The lowest BCUT2D eigenvalue weighted by atomic mass is 10.4. The van der Waals surface area contributed by atoms with Gasteiger partial charge in [0.2, 0.25) is 5.95 Å². The Balaban J connectivity index is 2.38. The largest absolute Gasteiger partial charge is 0.348 e. The van der Waals surface area contributed by atoms with Crippen LogP contribution in [0.2, 0.25) is 0 Å². The normalized spacial score (nSPS) is 11.7. The molecule has 0 saturated heterocycles. The topological polar surface area (TPSA) is 75.6 Å². The van der Waals surface area contributed by atoms with Crippen molar-refractivity contribution in [1.82, 2.24) is 19.7 Å². The van der Waals surface area contributed by atoms with E-state index in [-0.39, 0.29) is 17.0 Å². The van der Waals surface area contributed by atoms with E-state index in [9.17, 15) is 13.6 Å². The number of aromatic nitrogens is 4. The van der Waals surface area contributed by atoms with Gasteiger partial charge >= 0.3 is 5.38 Å². The van der Waals surface area contributed by atoms with Gasteiger partial charge in [-0.1, -0.05) is 6.08 Å². The smallest absolute Gasteiger partial charge is 0.338 e. The van der Waals surface area contributed by atoms with Gasteiger partial charge in [-0.05, 0) is 11.6 Å². The fraction of sp³-hybridized carbons (Fsp3) is 0.300. The van der Waals surface area contributed by atoms with Crippen LogP contribution in [0.4, 0.5) is 14.7 Å². The van der Waals surface area contributed by atoms with Crippen LogP contribution in [0.5, 0.6) is 0 Å². The van der Waals surface area contributed by atoms with Crippen molar-refractivity contribution in [3.8, 4) is 0 Å². The van der Waals surface area contributed by atoms with Crippen molar-refractivity contribution in [2.24, 2.45) is 0 Å². The molecule has 2 rings (SSSR count). The summed E-state index contributed by atoms with van der Waals surface area (Å²) >= 11 is 4.75. The van der Waals surface area contributed by atoms with Crippen LogP contribution in [-0.4, -0.2) is 31.7 Å². The Hall–Kier alpha value is -1.96. The van der Waals surface area contributed by atoms with Crippen molar-refractivity contribution in [3.05, 3.63) is 29.2 Å². The predicted octanol–water partition coefficient (Wildman–Crippen LogP) is 1.55. The number of nitrogens with one attached hydrogen (secondary N) is 2. The first-order chi connectivity index (χ1) is 8.90. The molecule has 9 heteroatoms. The molecule has 0 spiro atoms. The molecular weight excluding hydrogens is 280 g/mol. The molecule has 0 aliphatic rings. The number of hydrogen-bond acceptors (Lipinski definition) is 4. The second-order valence-electron chi connectivity index (χ2n) is 3.74. The van der Waals surface area contributed by atoms with E-state index in [1.807, 2.05) is 0 Å². The van der Waals surface area contributed by atoms with Gasteiger partial charge in [0, 0.05) is 0 Å². The highest BCUT2D eigenvalue weighted by Crippen LogP contribution is 2.18. The molecule has 2 aromatic heterocycles. The third-order valence-corrected chi connectivity index (χ3v) is 2.40. The standard InChI is InChI=1S/C10H10ClF2N5O/c1-2-3-18-7-6(4-15-18)8(19)17-9(16-7)14-5-10(11,12)13/h2,4H,1,3,5H2,(H2,14,16,17,19). The zero-order valence-electron chi connectivity index (χ0n) is 9.66. The Kier molecular flexibility index (Phi) is 3.52. The molecule has 0 bridgehead atoms. The van der Waals surface area contributed by atoms with E-state index in [1.54, 1.807) is 6.08 Å². The van der Waals surface area contributed by atoms with Gasteiger partial charge in [-0.3, -0.25) is 9.78 Å². The molecule has 0 aliphatic heterocycles. The summed E-state index contributed by atoms with van der Waals surface area (Å²) in [4.78, 5) is 18.0. The maximum absolute atomic E-state index is 12.5. The Morgan fingerprint density at radius 2 is 2.37 bits per heavy atom. The van der Waals surface area contributed by atoms with Crippen molar-refractivity contribution in [2.75, 3.05) is 11.9 Å². The maximum Gasteiger partial charge on any atom is 0.338 e. The quantitative estimate of drug-likeness (QED) is 0.647. The van der Waals surface area contributed by atoms with Crippen LogP contribution >= 0.6 is 11.6 Å². The van der Waals surface area contributed by atoms with Gasteiger partial charge in [0.25, 0.3) is 5.56 Å². The van der Waals surface area contributed by atoms with Crippen LogP contribution in [0.1, 0.15) is 0 Å². The first kappa shape index (κ1) is 13.5. The summed E-state index contributed by atoms with van der Waals surface area (Å²) < 4.78 is 26.5. The lowest BCUT2D eigenvalue weighted by molar-refractivity contribution is 0.111. The molecule has 0 aliphatic carbocycles. The van der Waals surface area contributed by atoms with E-state index in [4.69, 9.17) is 11.6 Å². The number of allylic oxidation sites excluding steroid dienone is 1. The lowest BCUT2D eigenvalue weighted by Gasteiger charge is -2.09. The highest BCUT2D eigenvalue weighted by atomic mass is 35.5. The fourth-order valence-corrected chi connectivity index (χ4v) is 1.56. The average molecular weight is 290 g/mol. The molecular formula is C10H10ClF2N5O. The SMILES string of the molecule is C=CCn1ncc2c(=O)[nH]c(NCC(F)(F)Cl)nc21. The van der Waals surface area contributed by atoms with Crippen molar-refractivity contribution < 1.29 is 8.78 Å². The Bertz CT molecular complexity index is 660. The first-order valence-corrected chi connectivity index (χ1v) is 5.66. The zero-order chi connectivity index (χ0) is 14.0. The molecule has 102 valence electrons. The Labute approximate surface area is 111 Å². The number of halogens is 3. The molecule has 2 aromatic rings. The van der Waals surface area contributed by atoms with Crippen LogP contribution in [0.25, 0.3) is 11.0 Å². The predicted molar refractivity (Wildman–Crippen MR) is 67.6 cm³/mol. The highest BCUT2D eigenvalue weighted by molar-refractivity contribution is 6.22. The van der Waals surface area contributed by atoms with Crippen LogP contribution in [0.15, 0.2) is 23.6 Å². The minimum absolute atomic E-state index is 0.0939.